The lowest BCUT2D eigenvalue weighted by atomic mass is 10.2. The van der Waals surface area contributed by atoms with Crippen molar-refractivity contribution >= 4 is 17.7 Å². The molecule has 2 heterocycles. The zero-order valence-corrected chi connectivity index (χ0v) is 15.1. The molecule has 2 fully saturated rings. The van der Waals surface area contributed by atoms with Gasteiger partial charge >= 0.3 is 0 Å². The molecule has 2 saturated heterocycles. The molecule has 1 atom stereocenters. The predicted octanol–water partition coefficient (Wildman–Crippen LogP) is 1.04. The molecule has 0 radical (unpaired) electrons. The summed E-state index contributed by atoms with van der Waals surface area (Å²) in [5.74, 6) is 0.744. The molecule has 0 aromatic rings. The van der Waals surface area contributed by atoms with Gasteiger partial charge in [-0.1, -0.05) is 20.8 Å². The quantitative estimate of drug-likeness (QED) is 0.789. The molecule has 0 spiro atoms. The fourth-order valence-electron chi connectivity index (χ4n) is 2.81. The van der Waals surface area contributed by atoms with Crippen molar-refractivity contribution in [2.75, 3.05) is 58.2 Å². The monoisotopic (exact) mass is 329 g/mol. The van der Waals surface area contributed by atoms with E-state index in [4.69, 9.17) is 4.74 Å². The van der Waals surface area contributed by atoms with E-state index >= 15 is 0 Å². The first-order valence-electron chi connectivity index (χ1n) is 8.38. The molecule has 1 amide bonds. The van der Waals surface area contributed by atoms with Gasteiger partial charge in [-0.3, -0.25) is 14.6 Å². The summed E-state index contributed by atoms with van der Waals surface area (Å²) in [5, 5.41) is 3.18. The van der Waals surface area contributed by atoms with Crippen LogP contribution in [0.3, 0.4) is 0 Å². The normalized spacial score (nSPS) is 24.6. The van der Waals surface area contributed by atoms with Crippen LogP contribution < -0.4 is 5.32 Å². The molecular weight excluding hydrogens is 298 g/mol. The first-order chi connectivity index (χ1) is 10.4. The van der Waals surface area contributed by atoms with Gasteiger partial charge in [0.2, 0.25) is 5.91 Å². The maximum absolute atomic E-state index is 12.0. The first kappa shape index (κ1) is 18.0. The third-order valence-electron chi connectivity index (χ3n) is 4.11. The number of hydrogen-bond acceptors (Lipinski definition) is 5. The van der Waals surface area contributed by atoms with E-state index in [1.165, 1.54) is 0 Å². The number of carbonyl (C=O) groups excluding carboxylic acids is 1. The van der Waals surface area contributed by atoms with Crippen LogP contribution in [0.4, 0.5) is 0 Å². The summed E-state index contributed by atoms with van der Waals surface area (Å²) in [7, 11) is 0. The van der Waals surface area contributed by atoms with E-state index in [1.807, 2.05) is 0 Å². The van der Waals surface area contributed by atoms with Crippen molar-refractivity contribution in [2.45, 2.75) is 38.0 Å². The first-order valence-corrected chi connectivity index (χ1v) is 9.37. The molecule has 2 aliphatic heterocycles. The molecule has 0 saturated carbocycles. The van der Waals surface area contributed by atoms with Crippen LogP contribution >= 0.6 is 11.8 Å². The highest BCUT2D eigenvalue weighted by atomic mass is 32.2. The maximum atomic E-state index is 12.0. The van der Waals surface area contributed by atoms with E-state index in [2.05, 4.69) is 35.9 Å². The average molecular weight is 330 g/mol. The second-order valence-electron chi connectivity index (χ2n) is 7.21. The molecule has 128 valence electrons. The fourth-order valence-corrected chi connectivity index (χ4v) is 3.46. The lowest BCUT2D eigenvalue weighted by Crippen LogP contribution is -2.42. The molecule has 1 N–H and O–H groups in total. The van der Waals surface area contributed by atoms with E-state index in [0.717, 1.165) is 58.9 Å². The molecule has 0 aromatic heterocycles. The van der Waals surface area contributed by atoms with E-state index in [1.54, 1.807) is 11.8 Å². The summed E-state index contributed by atoms with van der Waals surface area (Å²) in [5.41, 5.74) is 0. The number of nitrogens with one attached hydrogen (secondary N) is 1. The zero-order valence-electron chi connectivity index (χ0n) is 14.3. The van der Waals surface area contributed by atoms with Crippen LogP contribution in [0.5, 0.6) is 0 Å². The van der Waals surface area contributed by atoms with Crippen LogP contribution in [0, 0.1) is 0 Å². The van der Waals surface area contributed by atoms with Crippen molar-refractivity contribution in [3.05, 3.63) is 0 Å². The SMILES string of the molecule is CC(C)(C)SCC(=O)NC1CCN(CCN2CCOCC2)C1. The van der Waals surface area contributed by atoms with Gasteiger partial charge in [-0.15, -0.1) is 11.8 Å². The molecule has 0 aromatic carbocycles. The van der Waals surface area contributed by atoms with Crippen LogP contribution in [-0.2, 0) is 9.53 Å². The van der Waals surface area contributed by atoms with Crippen LogP contribution in [-0.4, -0.2) is 84.7 Å². The van der Waals surface area contributed by atoms with Gasteiger partial charge in [0.1, 0.15) is 0 Å². The second kappa shape index (κ2) is 8.52. The van der Waals surface area contributed by atoms with Gasteiger partial charge in [-0.25, -0.2) is 0 Å². The summed E-state index contributed by atoms with van der Waals surface area (Å²) in [6, 6.07) is 0.331. The average Bonchev–Trinajstić information content (AvgIpc) is 2.91. The molecule has 2 rings (SSSR count). The lowest BCUT2D eigenvalue weighted by Gasteiger charge is -2.28. The van der Waals surface area contributed by atoms with E-state index in [0.29, 0.717) is 11.8 Å². The van der Waals surface area contributed by atoms with Crippen LogP contribution in [0.25, 0.3) is 0 Å². The van der Waals surface area contributed by atoms with Crippen molar-refractivity contribution in [3.8, 4) is 0 Å². The number of amides is 1. The van der Waals surface area contributed by atoms with Gasteiger partial charge in [0.25, 0.3) is 0 Å². The van der Waals surface area contributed by atoms with Crippen LogP contribution in [0.15, 0.2) is 0 Å². The highest BCUT2D eigenvalue weighted by Crippen LogP contribution is 2.22. The fraction of sp³-hybridized carbons (Fsp3) is 0.938. The van der Waals surface area contributed by atoms with Gasteiger partial charge in [0.15, 0.2) is 0 Å². The Kier molecular flexibility index (Phi) is 6.99. The smallest absolute Gasteiger partial charge is 0.230 e. The number of hydrogen-bond donors (Lipinski definition) is 1. The molecule has 0 bridgehead atoms. The number of thioether (sulfide) groups is 1. The molecule has 22 heavy (non-hydrogen) atoms. The van der Waals surface area contributed by atoms with Gasteiger partial charge in [-0.2, -0.15) is 0 Å². The Bertz CT molecular complexity index is 354. The minimum atomic E-state index is 0.150. The lowest BCUT2D eigenvalue weighted by molar-refractivity contribution is -0.119. The van der Waals surface area contributed by atoms with Crippen molar-refractivity contribution in [1.82, 2.24) is 15.1 Å². The van der Waals surface area contributed by atoms with Crippen molar-refractivity contribution in [3.63, 3.8) is 0 Å². The summed E-state index contributed by atoms with van der Waals surface area (Å²) >= 11 is 1.71. The van der Waals surface area contributed by atoms with E-state index < -0.39 is 0 Å². The van der Waals surface area contributed by atoms with E-state index in [9.17, 15) is 4.79 Å². The Balaban J connectivity index is 1.59. The van der Waals surface area contributed by atoms with E-state index in [-0.39, 0.29) is 10.7 Å². The molecule has 1 unspecified atom stereocenters. The molecule has 0 aliphatic carbocycles. The Hall–Kier alpha value is -0.300. The molecule has 5 nitrogen and oxygen atoms in total. The van der Waals surface area contributed by atoms with Crippen LogP contribution in [0.2, 0.25) is 0 Å². The van der Waals surface area contributed by atoms with Gasteiger partial charge in [0, 0.05) is 50.1 Å². The van der Waals surface area contributed by atoms with Crippen molar-refractivity contribution in [1.29, 1.82) is 0 Å². The number of ether oxygens (including phenoxy) is 1. The Morgan fingerprint density at radius 3 is 2.55 bits per heavy atom. The maximum Gasteiger partial charge on any atom is 0.230 e. The third kappa shape index (κ3) is 6.86. The number of likely N-dealkylation sites (tertiary alicyclic amines) is 1. The van der Waals surface area contributed by atoms with Crippen molar-refractivity contribution < 1.29 is 9.53 Å². The Morgan fingerprint density at radius 1 is 1.18 bits per heavy atom. The van der Waals surface area contributed by atoms with Crippen LogP contribution in [0.1, 0.15) is 27.2 Å². The number of carbonyl (C=O) groups is 1. The number of morpholine rings is 1. The minimum absolute atomic E-state index is 0.150. The van der Waals surface area contributed by atoms with Gasteiger partial charge < -0.3 is 10.1 Å². The summed E-state index contributed by atoms with van der Waals surface area (Å²) < 4.78 is 5.52. The summed E-state index contributed by atoms with van der Waals surface area (Å²) in [4.78, 5) is 16.9. The largest absolute Gasteiger partial charge is 0.379 e. The summed E-state index contributed by atoms with van der Waals surface area (Å²) in [6.07, 6.45) is 1.08. The highest BCUT2D eigenvalue weighted by molar-refractivity contribution is 8.01. The standard InChI is InChI=1S/C16H31N3O2S/c1-16(2,3)22-13-15(20)17-14-4-5-19(12-14)7-6-18-8-10-21-11-9-18/h14H,4-13H2,1-3H3,(H,17,20). The van der Waals surface area contributed by atoms with Gasteiger partial charge in [-0.05, 0) is 6.42 Å². The Labute approximate surface area is 139 Å². The van der Waals surface area contributed by atoms with Gasteiger partial charge in [0.05, 0.1) is 19.0 Å². The summed E-state index contributed by atoms with van der Waals surface area (Å²) in [6.45, 7) is 14.6. The zero-order chi connectivity index (χ0) is 16.0. The predicted molar refractivity (Wildman–Crippen MR) is 92.5 cm³/mol. The Morgan fingerprint density at radius 2 is 1.86 bits per heavy atom. The van der Waals surface area contributed by atoms with Crippen molar-refractivity contribution in [2.24, 2.45) is 0 Å². The third-order valence-corrected chi connectivity index (χ3v) is 5.38. The highest BCUT2D eigenvalue weighted by Gasteiger charge is 2.24. The topological polar surface area (TPSA) is 44.8 Å². The molecule has 6 heteroatoms. The minimum Gasteiger partial charge on any atom is -0.379 e. The second-order valence-corrected chi connectivity index (χ2v) is 9.01. The molecular formula is C16H31N3O2S. The molecule has 2 aliphatic rings. The number of nitrogens with zero attached hydrogens (tertiary/aromatic N) is 2. The number of rotatable bonds is 6.